The molecule has 290 valence electrons. The number of fused-ring (bicyclic) bond motifs is 1. The van der Waals surface area contributed by atoms with Crippen LogP contribution in [0.3, 0.4) is 0 Å². The molecule has 5 rings (SSSR count). The van der Waals surface area contributed by atoms with Gasteiger partial charge < -0.3 is 30.2 Å². The number of carboxylic acids is 1. The van der Waals surface area contributed by atoms with Crippen LogP contribution < -0.4 is 16.0 Å². The van der Waals surface area contributed by atoms with E-state index in [4.69, 9.17) is 9.57 Å². The predicted molar refractivity (Wildman–Crippen MR) is 184 cm³/mol. The largest absolute Gasteiger partial charge is 0.481 e. The maximum absolute atomic E-state index is 13.6. The molecule has 2 aromatic heterocycles. The van der Waals surface area contributed by atoms with E-state index >= 15 is 0 Å². The Bertz CT molecular complexity index is 1700. The van der Waals surface area contributed by atoms with Crippen molar-refractivity contribution >= 4 is 75.5 Å². The van der Waals surface area contributed by atoms with Crippen molar-refractivity contribution in [3.63, 3.8) is 0 Å². The van der Waals surface area contributed by atoms with Gasteiger partial charge in [0.1, 0.15) is 34.2 Å². The van der Waals surface area contributed by atoms with Gasteiger partial charge in [-0.25, -0.2) is 9.78 Å². The van der Waals surface area contributed by atoms with Gasteiger partial charge in [0.05, 0.1) is 0 Å². The van der Waals surface area contributed by atoms with Crippen LogP contribution in [-0.4, -0.2) is 124 Å². The SMILES string of the molecule is CC(C)(C)OC(=O)NCCCC(Sc1nn[nH]n1)C1(C(=O)O)CS[C@@H]2C(NC(=O)C(=NOC3CCCC3)c3csc(NC(=O)C(F)(F)F)n3)C(=O)N2C1. The molecule has 2 saturated heterocycles. The number of alkyl carbamates (subject to hydrolysis) is 1. The minimum absolute atomic E-state index is 0.0260. The Morgan fingerprint density at radius 3 is 2.60 bits per heavy atom. The van der Waals surface area contributed by atoms with Crippen LogP contribution in [0.25, 0.3) is 0 Å². The third-order valence-corrected chi connectivity index (χ3v) is 12.0. The molecule has 1 aliphatic carbocycles. The molecule has 4 heterocycles. The fourth-order valence-corrected chi connectivity index (χ4v) is 9.39. The average molecular weight is 807 g/mol. The number of carbonyl (C=O) groups is 5. The van der Waals surface area contributed by atoms with Crippen molar-refractivity contribution in [2.75, 3.05) is 24.2 Å². The Morgan fingerprint density at radius 2 is 1.96 bits per heavy atom. The number of halogens is 3. The maximum Gasteiger partial charge on any atom is 0.471 e. The molecule has 3 aliphatic rings. The van der Waals surface area contributed by atoms with E-state index in [9.17, 15) is 42.3 Å². The highest BCUT2D eigenvalue weighted by molar-refractivity contribution is 8.01. The molecule has 24 heteroatoms. The van der Waals surface area contributed by atoms with Gasteiger partial charge in [0.2, 0.25) is 11.1 Å². The molecular weight excluding hydrogens is 770 g/mol. The van der Waals surface area contributed by atoms with E-state index in [1.54, 1.807) is 26.1 Å². The fourth-order valence-electron chi connectivity index (χ4n) is 5.77. The van der Waals surface area contributed by atoms with Crippen LogP contribution in [0.15, 0.2) is 15.7 Å². The number of carbonyl (C=O) groups excluding carboxylic acids is 4. The van der Waals surface area contributed by atoms with E-state index in [0.717, 1.165) is 36.4 Å². The summed E-state index contributed by atoms with van der Waals surface area (Å²) in [7, 11) is 0. The Hall–Kier alpha value is -4.19. The molecule has 4 amide bonds. The van der Waals surface area contributed by atoms with E-state index in [1.165, 1.54) is 10.3 Å². The molecule has 3 fully saturated rings. The van der Waals surface area contributed by atoms with Crippen LogP contribution in [0.5, 0.6) is 0 Å². The van der Waals surface area contributed by atoms with Crippen molar-refractivity contribution in [3.8, 4) is 0 Å². The second-order valence-electron chi connectivity index (χ2n) is 13.4. The smallest absolute Gasteiger partial charge is 0.471 e. The number of nitrogens with one attached hydrogen (secondary N) is 4. The molecule has 2 aliphatic heterocycles. The van der Waals surface area contributed by atoms with Crippen molar-refractivity contribution in [2.24, 2.45) is 10.6 Å². The molecule has 53 heavy (non-hydrogen) atoms. The average Bonchev–Trinajstić information content (AvgIpc) is 3.88. The van der Waals surface area contributed by atoms with Gasteiger partial charge in [-0.15, -0.1) is 33.3 Å². The van der Waals surface area contributed by atoms with Gasteiger partial charge in [-0.05, 0) is 64.5 Å². The normalized spacial score (nSPS) is 22.7. The zero-order valence-electron chi connectivity index (χ0n) is 28.6. The van der Waals surface area contributed by atoms with Gasteiger partial charge in [0.15, 0.2) is 10.8 Å². The van der Waals surface area contributed by atoms with Gasteiger partial charge in [-0.2, -0.15) is 18.4 Å². The van der Waals surface area contributed by atoms with Crippen molar-refractivity contribution < 1.29 is 51.8 Å². The highest BCUT2D eigenvalue weighted by Crippen LogP contribution is 2.48. The number of thiazole rings is 1. The van der Waals surface area contributed by atoms with Gasteiger partial charge >= 0.3 is 24.1 Å². The summed E-state index contributed by atoms with van der Waals surface area (Å²) in [6.07, 6.45) is -2.34. The molecule has 0 bridgehead atoms. The van der Waals surface area contributed by atoms with Crippen molar-refractivity contribution in [1.29, 1.82) is 0 Å². The number of thioether (sulfide) groups is 2. The van der Waals surface area contributed by atoms with Crippen LogP contribution >= 0.6 is 34.9 Å². The Balaban J connectivity index is 1.28. The van der Waals surface area contributed by atoms with E-state index in [0.29, 0.717) is 30.6 Å². The minimum Gasteiger partial charge on any atom is -0.481 e. The monoisotopic (exact) mass is 806 g/mol. The van der Waals surface area contributed by atoms with Crippen LogP contribution in [-0.2, 0) is 28.8 Å². The topological polar surface area (TPSA) is 243 Å². The standard InChI is InChI=1S/C29H37F3N10O8S3/c1-27(2,3)49-26(48)33-10-6-9-16(53-25-37-40-41-38-25)28(23(46)47)12-42-20(44)18(21(42)52-13-28)35-19(43)17(39-50-14-7-4-5-8-14)15-11-51-24(34-15)36-22(45)29(30,31)32/h11,14,16,18,21H,4-10,12-13H2,1-3H3,(H,33,48)(H,35,43)(H,46,47)(H,34,36,45)(H,37,38,40,41)/t16?,18?,21-,28?/m1/s1. The number of anilines is 1. The number of rotatable bonds is 14. The quantitative estimate of drug-likeness (QED) is 0.0607. The molecule has 18 nitrogen and oxygen atoms in total. The lowest BCUT2D eigenvalue weighted by Crippen LogP contribution is -2.75. The minimum atomic E-state index is -5.16. The zero-order valence-corrected chi connectivity index (χ0v) is 31.0. The van der Waals surface area contributed by atoms with Crippen molar-refractivity contribution in [3.05, 3.63) is 11.1 Å². The van der Waals surface area contributed by atoms with Crippen LogP contribution in [0.4, 0.5) is 23.1 Å². The number of oxime groups is 1. The number of aliphatic carboxylic acids is 1. The molecular formula is C29H37F3N10O8S3. The van der Waals surface area contributed by atoms with Crippen molar-refractivity contribution in [2.45, 2.75) is 99.0 Å². The molecule has 3 unspecified atom stereocenters. The number of aromatic nitrogens is 5. The predicted octanol–water partition coefficient (Wildman–Crippen LogP) is 2.76. The number of tetrazole rings is 1. The Labute approximate surface area is 312 Å². The lowest BCUT2D eigenvalue weighted by atomic mass is 9.81. The van der Waals surface area contributed by atoms with Crippen LogP contribution in [0, 0.1) is 5.41 Å². The molecule has 0 spiro atoms. The highest BCUT2D eigenvalue weighted by Gasteiger charge is 2.60. The number of alkyl halides is 3. The zero-order chi connectivity index (χ0) is 38.6. The van der Waals surface area contributed by atoms with Crippen LogP contribution in [0.1, 0.15) is 65.0 Å². The van der Waals surface area contributed by atoms with E-state index in [1.807, 2.05) is 0 Å². The fraction of sp³-hybridized carbons (Fsp3) is 0.655. The first kappa shape index (κ1) is 40.0. The number of aromatic amines is 1. The summed E-state index contributed by atoms with van der Waals surface area (Å²) in [6, 6.07) is -1.10. The second-order valence-corrected chi connectivity index (χ2v) is 16.5. The number of carboxylic acid groups (broad SMARTS) is 1. The summed E-state index contributed by atoms with van der Waals surface area (Å²) in [4.78, 5) is 74.6. The number of hydrogen-bond acceptors (Lipinski definition) is 15. The molecule has 5 N–H and O–H groups in total. The van der Waals surface area contributed by atoms with Gasteiger partial charge in [-0.3, -0.25) is 24.5 Å². The molecule has 2 aromatic rings. The first-order chi connectivity index (χ1) is 25.0. The van der Waals surface area contributed by atoms with E-state index < -0.39 is 74.5 Å². The van der Waals surface area contributed by atoms with Gasteiger partial charge in [0.25, 0.3) is 5.91 Å². The number of amides is 4. The summed E-state index contributed by atoms with van der Waals surface area (Å²) in [5, 5.41) is 34.9. The van der Waals surface area contributed by atoms with Gasteiger partial charge in [0, 0.05) is 29.5 Å². The van der Waals surface area contributed by atoms with Crippen LogP contribution in [0.2, 0.25) is 0 Å². The summed E-state index contributed by atoms with van der Waals surface area (Å²) in [5.74, 6) is -4.86. The number of H-pyrrole nitrogens is 1. The number of hydrogen-bond donors (Lipinski definition) is 5. The molecule has 1 saturated carbocycles. The lowest BCUT2D eigenvalue weighted by Gasteiger charge is -2.55. The number of nitrogens with zero attached hydrogens (tertiary/aromatic N) is 6. The molecule has 0 aromatic carbocycles. The Kier molecular flexibility index (Phi) is 12.4. The molecule has 4 atom stereocenters. The summed E-state index contributed by atoms with van der Waals surface area (Å²) in [5.41, 5.74) is -2.80. The first-order valence-electron chi connectivity index (χ1n) is 16.4. The summed E-state index contributed by atoms with van der Waals surface area (Å²) in [6.45, 7) is 5.15. The lowest BCUT2D eigenvalue weighted by molar-refractivity contribution is -0.167. The Morgan fingerprint density at radius 1 is 1.23 bits per heavy atom. The summed E-state index contributed by atoms with van der Waals surface area (Å²) >= 11 is 2.86. The van der Waals surface area contributed by atoms with E-state index in [-0.39, 0.29) is 42.2 Å². The van der Waals surface area contributed by atoms with Gasteiger partial charge in [-0.1, -0.05) is 16.9 Å². The molecule has 0 radical (unpaired) electrons. The maximum atomic E-state index is 13.6. The second kappa shape index (κ2) is 16.4. The highest BCUT2D eigenvalue weighted by atomic mass is 32.2. The number of ether oxygens (including phenoxy) is 1. The third-order valence-electron chi connectivity index (χ3n) is 8.35. The van der Waals surface area contributed by atoms with E-state index in [2.05, 4.69) is 41.4 Å². The summed E-state index contributed by atoms with van der Waals surface area (Å²) < 4.78 is 43.7. The first-order valence-corrected chi connectivity index (χ1v) is 19.2. The number of β-lactam (4-membered cyclic amide) rings is 1. The van der Waals surface area contributed by atoms with Crippen molar-refractivity contribution in [1.82, 2.24) is 41.1 Å². The third kappa shape index (κ3) is 9.87.